The highest BCUT2D eigenvalue weighted by atomic mass is 79.9. The molecule has 34 heavy (non-hydrogen) atoms. The van der Waals surface area contributed by atoms with Crippen LogP contribution in [0.1, 0.15) is 48.3 Å². The topological polar surface area (TPSA) is 63.7 Å². The third kappa shape index (κ3) is 3.40. The first-order chi connectivity index (χ1) is 16.5. The molecule has 0 saturated heterocycles. The number of imide groups is 1. The number of para-hydroxylation sites is 1. The molecule has 5 nitrogen and oxygen atoms in total. The van der Waals surface area contributed by atoms with Gasteiger partial charge in [0.15, 0.2) is 0 Å². The van der Waals surface area contributed by atoms with Crippen LogP contribution in [0.15, 0.2) is 83.3 Å². The van der Waals surface area contributed by atoms with E-state index in [0.29, 0.717) is 5.69 Å². The number of rotatable bonds is 3. The zero-order valence-corrected chi connectivity index (χ0v) is 20.3. The van der Waals surface area contributed by atoms with E-state index in [4.69, 9.17) is 4.74 Å². The summed E-state index contributed by atoms with van der Waals surface area (Å²) in [6.07, 6.45) is -0.231. The summed E-state index contributed by atoms with van der Waals surface area (Å²) < 4.78 is 6.21. The molecule has 6 heteroatoms. The number of carbonyl (C=O) groups is 3. The highest BCUT2D eigenvalue weighted by molar-refractivity contribution is 9.10. The molecule has 2 aliphatic rings. The summed E-state index contributed by atoms with van der Waals surface area (Å²) in [5, 5.41) is 0. The minimum Gasteiger partial charge on any atom is -0.449 e. The van der Waals surface area contributed by atoms with E-state index in [0.717, 1.165) is 21.2 Å². The van der Waals surface area contributed by atoms with Crippen molar-refractivity contribution in [2.75, 3.05) is 11.5 Å². The van der Waals surface area contributed by atoms with Crippen molar-refractivity contribution < 1.29 is 19.1 Å². The van der Waals surface area contributed by atoms with Gasteiger partial charge in [0.25, 0.3) is 0 Å². The largest absolute Gasteiger partial charge is 0.449 e. The number of amides is 2. The standard InChI is InChI=1S/C28H24BrNO4/c1-2-34-27(33)30-25-11-7-6-10-22(25)28(26(30)32)23(18-8-4-3-5-9-18)16-21(31)17-24(28)19-12-14-20(29)15-13-19/h3-15,23-24H,2,16-17H2,1H3/t23-,24-,28-/m1/s1. The third-order valence-electron chi connectivity index (χ3n) is 7.04. The normalized spacial score (nSPS) is 23.8. The summed E-state index contributed by atoms with van der Waals surface area (Å²) in [4.78, 5) is 41.9. The summed E-state index contributed by atoms with van der Waals surface area (Å²) >= 11 is 3.49. The van der Waals surface area contributed by atoms with Gasteiger partial charge in [0.1, 0.15) is 5.78 Å². The smallest absolute Gasteiger partial charge is 0.421 e. The predicted molar refractivity (Wildman–Crippen MR) is 133 cm³/mol. The molecule has 1 fully saturated rings. The van der Waals surface area contributed by atoms with Gasteiger partial charge in [-0.3, -0.25) is 9.59 Å². The number of halogens is 1. The van der Waals surface area contributed by atoms with Gasteiger partial charge in [-0.1, -0.05) is 76.6 Å². The molecule has 2 amide bonds. The number of carbonyl (C=O) groups excluding carboxylic acids is 3. The van der Waals surface area contributed by atoms with Crippen LogP contribution >= 0.6 is 15.9 Å². The first kappa shape index (κ1) is 22.5. The maximum Gasteiger partial charge on any atom is 0.421 e. The van der Waals surface area contributed by atoms with Gasteiger partial charge >= 0.3 is 6.09 Å². The van der Waals surface area contributed by atoms with Crippen molar-refractivity contribution in [2.24, 2.45) is 0 Å². The van der Waals surface area contributed by atoms with Crippen LogP contribution in [0, 0.1) is 0 Å². The van der Waals surface area contributed by atoms with E-state index in [1.165, 1.54) is 4.90 Å². The molecule has 0 radical (unpaired) electrons. The van der Waals surface area contributed by atoms with Gasteiger partial charge in [0.2, 0.25) is 5.91 Å². The summed E-state index contributed by atoms with van der Waals surface area (Å²) in [7, 11) is 0. The fraction of sp³-hybridized carbons (Fsp3) is 0.250. The SMILES string of the molecule is CCOC(=O)N1C(=O)[C@]2(c3ccccc31)[C@@H](c1ccccc1)CC(=O)C[C@@H]2c1ccc(Br)cc1. The van der Waals surface area contributed by atoms with Crippen molar-refractivity contribution in [3.8, 4) is 0 Å². The molecule has 1 spiro atoms. The summed E-state index contributed by atoms with van der Waals surface area (Å²) in [6, 6.07) is 24.9. The van der Waals surface area contributed by atoms with Gasteiger partial charge in [-0.2, -0.15) is 0 Å². The first-order valence-corrected chi connectivity index (χ1v) is 12.2. The number of ether oxygens (including phenoxy) is 1. The molecule has 5 rings (SSSR count). The van der Waals surface area contributed by atoms with Gasteiger partial charge in [0, 0.05) is 29.2 Å². The number of hydrogen-bond acceptors (Lipinski definition) is 4. The van der Waals surface area contributed by atoms with Crippen LogP contribution in [0.2, 0.25) is 0 Å². The Morgan fingerprint density at radius 1 is 0.912 bits per heavy atom. The number of benzene rings is 3. The molecule has 3 aromatic carbocycles. The minimum atomic E-state index is -1.12. The molecule has 0 N–H and O–H groups in total. The Kier molecular flexibility index (Phi) is 5.86. The van der Waals surface area contributed by atoms with Crippen molar-refractivity contribution in [2.45, 2.75) is 37.0 Å². The fourth-order valence-electron chi connectivity index (χ4n) is 5.72. The highest BCUT2D eigenvalue weighted by Crippen LogP contribution is 2.61. The number of hydrogen-bond donors (Lipinski definition) is 0. The van der Waals surface area contributed by atoms with E-state index < -0.39 is 23.3 Å². The average molecular weight is 518 g/mol. The fourth-order valence-corrected chi connectivity index (χ4v) is 5.98. The Morgan fingerprint density at radius 3 is 2.15 bits per heavy atom. The van der Waals surface area contributed by atoms with Crippen molar-refractivity contribution in [1.29, 1.82) is 0 Å². The number of anilines is 1. The summed E-state index contributed by atoms with van der Waals surface area (Å²) in [5.74, 6) is -1.08. The Hall–Kier alpha value is -3.25. The first-order valence-electron chi connectivity index (χ1n) is 11.4. The molecule has 1 heterocycles. The van der Waals surface area contributed by atoms with Crippen LogP contribution in [-0.4, -0.2) is 24.4 Å². The maximum absolute atomic E-state index is 14.5. The lowest BCUT2D eigenvalue weighted by molar-refractivity contribution is -0.130. The van der Waals surface area contributed by atoms with E-state index in [1.54, 1.807) is 13.0 Å². The molecular weight excluding hydrogens is 494 g/mol. The minimum absolute atomic E-state index is 0.104. The molecule has 0 unspecified atom stereocenters. The van der Waals surface area contributed by atoms with Gasteiger partial charge in [-0.15, -0.1) is 0 Å². The summed E-state index contributed by atoms with van der Waals surface area (Å²) in [6.45, 7) is 1.88. The molecule has 3 aromatic rings. The van der Waals surface area contributed by atoms with Crippen LogP contribution < -0.4 is 4.90 Å². The molecule has 1 aliphatic heterocycles. The van der Waals surface area contributed by atoms with Crippen LogP contribution in [0.4, 0.5) is 10.5 Å². The number of fused-ring (bicyclic) bond motifs is 2. The molecule has 3 atom stereocenters. The monoisotopic (exact) mass is 517 g/mol. The Bertz CT molecular complexity index is 1260. The van der Waals surface area contributed by atoms with E-state index in [2.05, 4.69) is 15.9 Å². The van der Waals surface area contributed by atoms with Gasteiger partial charge in [0.05, 0.1) is 17.7 Å². The molecule has 1 aliphatic carbocycles. The van der Waals surface area contributed by atoms with Gasteiger partial charge in [-0.05, 0) is 41.8 Å². The Morgan fingerprint density at radius 2 is 1.50 bits per heavy atom. The van der Waals surface area contributed by atoms with Crippen molar-refractivity contribution >= 4 is 39.4 Å². The zero-order chi connectivity index (χ0) is 23.9. The zero-order valence-electron chi connectivity index (χ0n) is 18.7. The van der Waals surface area contributed by atoms with Crippen molar-refractivity contribution in [1.82, 2.24) is 0 Å². The maximum atomic E-state index is 14.5. The molecular formula is C28H24BrNO4. The highest BCUT2D eigenvalue weighted by Gasteiger charge is 2.64. The van der Waals surface area contributed by atoms with E-state index >= 15 is 0 Å². The van der Waals surface area contributed by atoms with Crippen LogP contribution in [0.25, 0.3) is 0 Å². The van der Waals surface area contributed by atoms with Crippen molar-refractivity contribution in [3.05, 3.63) is 100 Å². The van der Waals surface area contributed by atoms with E-state index in [-0.39, 0.29) is 31.1 Å². The second-order valence-corrected chi connectivity index (χ2v) is 9.66. The predicted octanol–water partition coefficient (Wildman–Crippen LogP) is 6.12. The van der Waals surface area contributed by atoms with Crippen LogP contribution in [-0.2, 0) is 19.7 Å². The number of nitrogens with zero attached hydrogens (tertiary/aromatic N) is 1. The molecule has 0 aromatic heterocycles. The third-order valence-corrected chi connectivity index (χ3v) is 7.56. The average Bonchev–Trinajstić information content (AvgIpc) is 3.10. The number of ketones is 1. The lowest BCUT2D eigenvalue weighted by atomic mass is 9.54. The number of Topliss-reactive ketones (excluding diaryl/α,β-unsaturated/α-hetero) is 1. The quantitative estimate of drug-likeness (QED) is 0.419. The Labute approximate surface area is 206 Å². The molecule has 1 saturated carbocycles. The lowest BCUT2D eigenvalue weighted by Gasteiger charge is -2.46. The van der Waals surface area contributed by atoms with Crippen LogP contribution in [0.5, 0.6) is 0 Å². The van der Waals surface area contributed by atoms with Gasteiger partial charge < -0.3 is 4.74 Å². The summed E-state index contributed by atoms with van der Waals surface area (Å²) in [5.41, 5.74) is 1.98. The van der Waals surface area contributed by atoms with Crippen molar-refractivity contribution in [3.63, 3.8) is 0 Å². The van der Waals surface area contributed by atoms with E-state index in [9.17, 15) is 14.4 Å². The van der Waals surface area contributed by atoms with Gasteiger partial charge in [-0.25, -0.2) is 9.69 Å². The van der Waals surface area contributed by atoms with E-state index in [1.807, 2.05) is 72.8 Å². The molecule has 172 valence electrons. The van der Waals surface area contributed by atoms with Crippen LogP contribution in [0.3, 0.4) is 0 Å². The molecule has 0 bridgehead atoms. The second kappa shape index (κ2) is 8.84. The lowest BCUT2D eigenvalue weighted by Crippen LogP contribution is -2.53. The Balaban J connectivity index is 1.81. The second-order valence-electron chi connectivity index (χ2n) is 8.74.